The first-order chi connectivity index (χ1) is 6.27. The van der Waals surface area contributed by atoms with Crippen LogP contribution < -0.4 is 0 Å². The van der Waals surface area contributed by atoms with Crippen LogP contribution in [0.3, 0.4) is 0 Å². The monoisotopic (exact) mass is 198 g/mol. The van der Waals surface area contributed by atoms with Crippen molar-refractivity contribution in [2.24, 2.45) is 0 Å². The van der Waals surface area contributed by atoms with Gasteiger partial charge in [0.25, 0.3) is 0 Å². The van der Waals surface area contributed by atoms with Crippen molar-refractivity contribution >= 4 is 11.3 Å². The van der Waals surface area contributed by atoms with E-state index in [1.54, 1.807) is 11.3 Å². The third-order valence-corrected chi connectivity index (χ3v) is 3.56. The summed E-state index contributed by atoms with van der Waals surface area (Å²) in [5, 5.41) is 19.9. The lowest BCUT2D eigenvalue weighted by molar-refractivity contribution is 0.106. The van der Waals surface area contributed by atoms with E-state index in [1.807, 2.05) is 6.92 Å². The molecule has 0 radical (unpaired) electrons. The average molecular weight is 198 g/mol. The minimum absolute atomic E-state index is 0.193. The Labute approximate surface area is 81.8 Å². The first kappa shape index (κ1) is 9.09. The summed E-state index contributed by atoms with van der Waals surface area (Å²) in [7, 11) is 0. The van der Waals surface area contributed by atoms with Crippen molar-refractivity contribution in [3.05, 3.63) is 10.0 Å². The average Bonchev–Trinajstić information content (AvgIpc) is 2.53. The number of aliphatic hydroxyl groups is 1. The first-order valence-electron chi connectivity index (χ1n) is 4.75. The lowest BCUT2D eigenvalue weighted by atomic mass is 9.87. The largest absolute Gasteiger partial charge is 0.392 e. The second kappa shape index (κ2) is 3.72. The van der Waals surface area contributed by atoms with E-state index < -0.39 is 0 Å². The Kier molecular flexibility index (Phi) is 2.60. The lowest BCUT2D eigenvalue weighted by Gasteiger charge is -2.25. The summed E-state index contributed by atoms with van der Waals surface area (Å²) in [5.74, 6) is 0.250. The van der Waals surface area contributed by atoms with Crippen molar-refractivity contribution in [2.45, 2.75) is 44.6 Å². The molecule has 0 unspecified atom stereocenters. The smallest absolute Gasteiger partial charge is 0.123 e. The molecule has 1 saturated carbocycles. The molecule has 0 bridgehead atoms. The van der Waals surface area contributed by atoms with Crippen LogP contribution >= 0.6 is 11.3 Å². The van der Waals surface area contributed by atoms with Crippen molar-refractivity contribution in [1.82, 2.24) is 10.2 Å². The number of aromatic nitrogens is 2. The Balaban J connectivity index is 2.14. The van der Waals surface area contributed by atoms with Gasteiger partial charge in [0.05, 0.1) is 6.10 Å². The molecule has 1 fully saturated rings. The van der Waals surface area contributed by atoms with Gasteiger partial charge in [-0.15, -0.1) is 21.5 Å². The lowest BCUT2D eigenvalue weighted by Crippen LogP contribution is -2.22. The van der Waals surface area contributed by atoms with E-state index in [2.05, 4.69) is 10.2 Å². The van der Waals surface area contributed by atoms with Gasteiger partial charge in [-0.25, -0.2) is 0 Å². The number of hydrogen-bond acceptors (Lipinski definition) is 4. The molecule has 1 heterocycles. The van der Waals surface area contributed by atoms with Crippen LogP contribution in [0.4, 0.5) is 0 Å². The summed E-state index contributed by atoms with van der Waals surface area (Å²) in [5.41, 5.74) is 0. The fourth-order valence-corrected chi connectivity index (χ4v) is 2.75. The zero-order valence-electron chi connectivity index (χ0n) is 7.73. The molecule has 13 heavy (non-hydrogen) atoms. The van der Waals surface area contributed by atoms with Gasteiger partial charge in [0.2, 0.25) is 0 Å². The third kappa shape index (κ3) is 1.89. The molecular formula is C9H14N2OS. The van der Waals surface area contributed by atoms with Crippen LogP contribution in [-0.2, 0) is 0 Å². The second-order valence-electron chi connectivity index (χ2n) is 3.62. The summed E-state index contributed by atoms with van der Waals surface area (Å²) >= 11 is 1.62. The molecule has 0 amide bonds. The van der Waals surface area contributed by atoms with Gasteiger partial charge in [0.15, 0.2) is 0 Å². The summed E-state index contributed by atoms with van der Waals surface area (Å²) in [6, 6.07) is 0. The summed E-state index contributed by atoms with van der Waals surface area (Å²) in [6.45, 7) is 1.95. The van der Waals surface area contributed by atoms with E-state index in [0.29, 0.717) is 0 Å². The Morgan fingerprint density at radius 2 is 2.08 bits per heavy atom. The minimum atomic E-state index is -0.193. The van der Waals surface area contributed by atoms with Gasteiger partial charge in [-0.2, -0.15) is 0 Å². The second-order valence-corrected chi connectivity index (χ2v) is 4.83. The van der Waals surface area contributed by atoms with E-state index in [-0.39, 0.29) is 12.0 Å². The van der Waals surface area contributed by atoms with Crippen molar-refractivity contribution in [1.29, 1.82) is 0 Å². The summed E-state index contributed by atoms with van der Waals surface area (Å²) < 4.78 is 0. The van der Waals surface area contributed by atoms with Gasteiger partial charge in [-0.05, 0) is 19.8 Å². The van der Waals surface area contributed by atoms with Crippen molar-refractivity contribution in [3.8, 4) is 0 Å². The minimum Gasteiger partial charge on any atom is -0.392 e. The van der Waals surface area contributed by atoms with Gasteiger partial charge in [0, 0.05) is 5.92 Å². The SMILES string of the molecule is Cc1nnc([C@@H]2CCCC[C@H]2O)s1. The maximum absolute atomic E-state index is 9.77. The number of aliphatic hydroxyl groups excluding tert-OH is 1. The molecule has 72 valence electrons. The highest BCUT2D eigenvalue weighted by atomic mass is 32.1. The van der Waals surface area contributed by atoms with Crippen LogP contribution in [0, 0.1) is 6.92 Å². The van der Waals surface area contributed by atoms with Crippen LogP contribution in [0.5, 0.6) is 0 Å². The number of rotatable bonds is 1. The molecule has 2 rings (SSSR count). The Morgan fingerprint density at radius 1 is 1.31 bits per heavy atom. The quantitative estimate of drug-likeness (QED) is 0.749. The fourth-order valence-electron chi connectivity index (χ4n) is 1.86. The van der Waals surface area contributed by atoms with Gasteiger partial charge < -0.3 is 5.11 Å². The Hall–Kier alpha value is -0.480. The molecule has 0 spiro atoms. The fraction of sp³-hybridized carbons (Fsp3) is 0.778. The zero-order chi connectivity index (χ0) is 9.26. The molecular weight excluding hydrogens is 184 g/mol. The number of aryl methyl sites for hydroxylation is 1. The topological polar surface area (TPSA) is 46.0 Å². The van der Waals surface area contributed by atoms with Crippen LogP contribution in [0.2, 0.25) is 0 Å². The zero-order valence-corrected chi connectivity index (χ0v) is 8.55. The molecule has 1 aliphatic carbocycles. The van der Waals surface area contributed by atoms with E-state index in [0.717, 1.165) is 29.3 Å². The maximum Gasteiger partial charge on any atom is 0.123 e. The molecule has 1 aliphatic rings. The van der Waals surface area contributed by atoms with Gasteiger partial charge in [-0.1, -0.05) is 12.8 Å². The molecule has 0 saturated heterocycles. The number of nitrogens with zero attached hydrogens (tertiary/aromatic N) is 2. The molecule has 2 atom stereocenters. The highest BCUT2D eigenvalue weighted by Gasteiger charge is 2.27. The van der Waals surface area contributed by atoms with Gasteiger partial charge in [0.1, 0.15) is 10.0 Å². The molecule has 0 aromatic carbocycles. The van der Waals surface area contributed by atoms with E-state index in [1.165, 1.54) is 6.42 Å². The van der Waals surface area contributed by atoms with E-state index in [4.69, 9.17) is 0 Å². The molecule has 3 nitrogen and oxygen atoms in total. The van der Waals surface area contributed by atoms with Crippen molar-refractivity contribution in [2.75, 3.05) is 0 Å². The van der Waals surface area contributed by atoms with E-state index >= 15 is 0 Å². The Morgan fingerprint density at radius 3 is 2.69 bits per heavy atom. The van der Waals surface area contributed by atoms with Crippen molar-refractivity contribution < 1.29 is 5.11 Å². The number of hydrogen-bond donors (Lipinski definition) is 1. The molecule has 1 aromatic rings. The predicted octanol–water partition coefficient (Wildman–Crippen LogP) is 1.87. The first-order valence-corrected chi connectivity index (χ1v) is 5.57. The highest BCUT2D eigenvalue weighted by Crippen LogP contribution is 2.34. The van der Waals surface area contributed by atoms with Crippen LogP contribution in [0.1, 0.15) is 41.6 Å². The highest BCUT2D eigenvalue weighted by molar-refractivity contribution is 7.11. The molecule has 1 N–H and O–H groups in total. The third-order valence-electron chi connectivity index (χ3n) is 2.59. The van der Waals surface area contributed by atoms with Crippen LogP contribution in [0.15, 0.2) is 0 Å². The summed E-state index contributed by atoms with van der Waals surface area (Å²) in [6.07, 6.45) is 4.15. The van der Waals surface area contributed by atoms with Crippen LogP contribution in [-0.4, -0.2) is 21.4 Å². The molecule has 4 heteroatoms. The standard InChI is InChI=1S/C9H14N2OS/c1-6-10-11-9(13-6)7-4-2-3-5-8(7)12/h7-8,12H,2-5H2,1H3/t7-,8-/m1/s1. The van der Waals surface area contributed by atoms with Gasteiger partial charge in [-0.3, -0.25) is 0 Å². The molecule has 1 aromatic heterocycles. The maximum atomic E-state index is 9.77. The Bertz CT molecular complexity index is 287. The predicted molar refractivity (Wildman–Crippen MR) is 51.9 cm³/mol. The van der Waals surface area contributed by atoms with Crippen LogP contribution in [0.25, 0.3) is 0 Å². The molecule has 0 aliphatic heterocycles. The van der Waals surface area contributed by atoms with Gasteiger partial charge >= 0.3 is 0 Å². The normalized spacial score (nSPS) is 29.1. The van der Waals surface area contributed by atoms with E-state index in [9.17, 15) is 5.11 Å². The summed E-state index contributed by atoms with van der Waals surface area (Å²) in [4.78, 5) is 0. The van der Waals surface area contributed by atoms with Crippen molar-refractivity contribution in [3.63, 3.8) is 0 Å².